The molecule has 0 atom stereocenters. The molecule has 2 aromatic carbocycles. The van der Waals surface area contributed by atoms with Crippen molar-refractivity contribution in [3.05, 3.63) is 70.4 Å². The summed E-state index contributed by atoms with van der Waals surface area (Å²) in [7, 11) is 1.79. The van der Waals surface area contributed by atoms with Crippen LogP contribution in [-0.4, -0.2) is 17.9 Å². The van der Waals surface area contributed by atoms with Gasteiger partial charge in [-0.2, -0.15) is 0 Å². The number of hydrogen-bond acceptors (Lipinski definition) is 2. The smallest absolute Gasteiger partial charge is 0.227 e. The summed E-state index contributed by atoms with van der Waals surface area (Å²) in [5, 5.41) is 1.68. The first-order valence-corrected chi connectivity index (χ1v) is 8.42. The van der Waals surface area contributed by atoms with Crippen molar-refractivity contribution in [3.8, 4) is 0 Å². The first kappa shape index (κ1) is 16.6. The molecule has 0 N–H and O–H groups in total. The molecular weight excluding hydrogens is 322 g/mol. The van der Waals surface area contributed by atoms with Gasteiger partial charge in [0.1, 0.15) is 5.58 Å². The van der Waals surface area contributed by atoms with E-state index in [4.69, 9.17) is 16.0 Å². The van der Waals surface area contributed by atoms with Crippen LogP contribution in [0.15, 0.2) is 53.1 Å². The van der Waals surface area contributed by atoms with Crippen LogP contribution in [0.4, 0.5) is 0 Å². The summed E-state index contributed by atoms with van der Waals surface area (Å²) in [6, 6.07) is 13.7. The molecule has 0 spiro atoms. The van der Waals surface area contributed by atoms with Crippen molar-refractivity contribution in [2.45, 2.75) is 26.3 Å². The van der Waals surface area contributed by atoms with Crippen LogP contribution in [0.5, 0.6) is 0 Å². The molecule has 4 heteroatoms. The van der Waals surface area contributed by atoms with Crippen molar-refractivity contribution < 1.29 is 9.21 Å². The number of rotatable bonds is 5. The molecule has 0 fully saturated rings. The van der Waals surface area contributed by atoms with Gasteiger partial charge in [0, 0.05) is 29.6 Å². The van der Waals surface area contributed by atoms with E-state index in [2.05, 4.69) is 13.0 Å². The number of furan rings is 1. The fourth-order valence-electron chi connectivity index (χ4n) is 2.75. The molecule has 0 saturated carbocycles. The number of likely N-dealkylation sites (N-methyl/N-ethyl adjacent to an activating group) is 1. The van der Waals surface area contributed by atoms with E-state index in [1.54, 1.807) is 18.2 Å². The van der Waals surface area contributed by atoms with Gasteiger partial charge in [0.15, 0.2) is 0 Å². The van der Waals surface area contributed by atoms with E-state index < -0.39 is 0 Å². The maximum atomic E-state index is 12.5. The molecule has 1 amide bonds. The second-order valence-electron chi connectivity index (χ2n) is 5.96. The van der Waals surface area contributed by atoms with Crippen LogP contribution in [0, 0.1) is 0 Å². The van der Waals surface area contributed by atoms with Crippen molar-refractivity contribution in [3.63, 3.8) is 0 Å². The third-order valence-electron chi connectivity index (χ3n) is 4.26. The van der Waals surface area contributed by atoms with E-state index in [0.29, 0.717) is 18.0 Å². The Balaban J connectivity index is 1.73. The number of aryl methyl sites for hydroxylation is 1. The molecule has 124 valence electrons. The molecule has 0 unspecified atom stereocenters. The minimum Gasteiger partial charge on any atom is -0.464 e. The van der Waals surface area contributed by atoms with E-state index in [-0.39, 0.29) is 5.91 Å². The quantitative estimate of drug-likeness (QED) is 0.664. The molecule has 24 heavy (non-hydrogen) atoms. The van der Waals surface area contributed by atoms with Crippen molar-refractivity contribution in [1.29, 1.82) is 0 Å². The Hall–Kier alpha value is -2.26. The number of carbonyl (C=O) groups excluding carboxylic acids is 1. The Morgan fingerprint density at radius 2 is 1.96 bits per heavy atom. The summed E-state index contributed by atoms with van der Waals surface area (Å²) >= 11 is 6.17. The molecule has 0 aliphatic carbocycles. The molecule has 1 heterocycles. The number of halogens is 1. The lowest BCUT2D eigenvalue weighted by molar-refractivity contribution is -0.129. The molecule has 3 rings (SSSR count). The van der Waals surface area contributed by atoms with Gasteiger partial charge in [-0.3, -0.25) is 4.79 Å². The topological polar surface area (TPSA) is 33.5 Å². The van der Waals surface area contributed by atoms with Gasteiger partial charge in [0.25, 0.3) is 0 Å². The molecule has 3 nitrogen and oxygen atoms in total. The van der Waals surface area contributed by atoms with E-state index in [1.165, 1.54) is 5.56 Å². The lowest BCUT2D eigenvalue weighted by Crippen LogP contribution is -2.27. The lowest BCUT2D eigenvalue weighted by Gasteiger charge is -2.17. The maximum Gasteiger partial charge on any atom is 0.227 e. The molecule has 0 radical (unpaired) electrons. The molecular formula is C20H20ClNO2. The van der Waals surface area contributed by atoms with Gasteiger partial charge in [-0.15, -0.1) is 0 Å². The van der Waals surface area contributed by atoms with Crippen LogP contribution in [0.1, 0.15) is 23.6 Å². The predicted molar refractivity (Wildman–Crippen MR) is 97.2 cm³/mol. The minimum atomic E-state index is 0.0391. The van der Waals surface area contributed by atoms with E-state index in [9.17, 15) is 4.79 Å². The minimum absolute atomic E-state index is 0.0391. The third-order valence-corrected chi connectivity index (χ3v) is 4.63. The summed E-state index contributed by atoms with van der Waals surface area (Å²) in [4.78, 5) is 14.2. The highest BCUT2D eigenvalue weighted by Gasteiger charge is 2.15. The van der Waals surface area contributed by atoms with Crippen molar-refractivity contribution in [1.82, 2.24) is 4.90 Å². The Morgan fingerprint density at radius 3 is 2.71 bits per heavy atom. The summed E-state index contributed by atoms with van der Waals surface area (Å²) in [6.45, 7) is 2.60. The molecule has 0 aliphatic rings. The molecule has 0 saturated heterocycles. The number of hydrogen-bond donors (Lipinski definition) is 0. The normalized spacial score (nSPS) is 11.0. The first-order chi connectivity index (χ1) is 11.6. The number of amides is 1. The Morgan fingerprint density at radius 1 is 1.17 bits per heavy atom. The number of benzene rings is 2. The van der Waals surface area contributed by atoms with Crippen molar-refractivity contribution in [2.75, 3.05) is 7.05 Å². The van der Waals surface area contributed by atoms with Crippen LogP contribution in [0.2, 0.25) is 5.02 Å². The fourth-order valence-corrected chi connectivity index (χ4v) is 2.95. The van der Waals surface area contributed by atoms with E-state index >= 15 is 0 Å². The highest BCUT2D eigenvalue weighted by molar-refractivity contribution is 6.31. The molecule has 1 aromatic heterocycles. The highest BCUT2D eigenvalue weighted by Crippen LogP contribution is 2.24. The second-order valence-corrected chi connectivity index (χ2v) is 6.37. The summed E-state index contributed by atoms with van der Waals surface area (Å²) in [5.74, 6) is 0.0391. The first-order valence-electron chi connectivity index (χ1n) is 8.05. The highest BCUT2D eigenvalue weighted by atomic mass is 35.5. The number of fused-ring (bicyclic) bond motifs is 1. The van der Waals surface area contributed by atoms with Gasteiger partial charge >= 0.3 is 0 Å². The number of carbonyl (C=O) groups is 1. The lowest BCUT2D eigenvalue weighted by atomic mass is 10.1. The fraction of sp³-hybridized carbons (Fsp3) is 0.250. The zero-order valence-corrected chi connectivity index (χ0v) is 14.6. The zero-order chi connectivity index (χ0) is 17.1. The predicted octanol–water partition coefficient (Wildman–Crippen LogP) is 4.85. The van der Waals surface area contributed by atoms with Crippen LogP contribution in [0.25, 0.3) is 11.0 Å². The average Bonchev–Trinajstić information content (AvgIpc) is 2.98. The largest absolute Gasteiger partial charge is 0.464 e. The van der Waals surface area contributed by atoms with E-state index in [0.717, 1.165) is 28.5 Å². The second kappa shape index (κ2) is 7.10. The molecule has 0 bridgehead atoms. The standard InChI is InChI=1S/C20H20ClNO2/c1-3-14-8-9-17-16(13-24-19(17)10-14)11-20(23)22(2)12-15-6-4-5-7-18(15)21/h4-10,13H,3,11-12H2,1-2H3. The third kappa shape index (κ3) is 3.46. The van der Waals surface area contributed by atoms with Crippen molar-refractivity contribution >= 4 is 28.5 Å². The Kier molecular flexibility index (Phi) is 4.91. The van der Waals surface area contributed by atoms with Crippen LogP contribution < -0.4 is 0 Å². The average molecular weight is 342 g/mol. The van der Waals surface area contributed by atoms with Gasteiger partial charge in [0.05, 0.1) is 12.7 Å². The summed E-state index contributed by atoms with van der Waals surface area (Å²) in [6.07, 6.45) is 2.97. The SMILES string of the molecule is CCc1ccc2c(CC(=O)N(C)Cc3ccccc3Cl)coc2c1. The van der Waals surface area contributed by atoms with Gasteiger partial charge in [-0.25, -0.2) is 0 Å². The Bertz CT molecular complexity index is 869. The monoisotopic (exact) mass is 341 g/mol. The van der Waals surface area contributed by atoms with E-state index in [1.807, 2.05) is 36.4 Å². The maximum absolute atomic E-state index is 12.5. The molecule has 0 aliphatic heterocycles. The zero-order valence-electron chi connectivity index (χ0n) is 13.9. The van der Waals surface area contributed by atoms with Crippen molar-refractivity contribution in [2.24, 2.45) is 0 Å². The molecule has 3 aromatic rings. The van der Waals surface area contributed by atoms with Gasteiger partial charge in [-0.05, 0) is 29.7 Å². The van der Waals surface area contributed by atoms with Gasteiger partial charge in [-0.1, -0.05) is 48.9 Å². The number of nitrogens with zero attached hydrogens (tertiary/aromatic N) is 1. The summed E-state index contributed by atoms with van der Waals surface area (Å²) in [5.41, 5.74) is 3.93. The van der Waals surface area contributed by atoms with Crippen LogP contribution in [-0.2, 0) is 24.2 Å². The van der Waals surface area contributed by atoms with Crippen LogP contribution in [0.3, 0.4) is 0 Å². The van der Waals surface area contributed by atoms with Crippen LogP contribution >= 0.6 is 11.6 Å². The summed E-state index contributed by atoms with van der Waals surface area (Å²) < 4.78 is 5.62. The van der Waals surface area contributed by atoms with Gasteiger partial charge in [0.2, 0.25) is 5.91 Å². The van der Waals surface area contributed by atoms with Gasteiger partial charge < -0.3 is 9.32 Å². The Labute approximate surface area is 146 Å².